The highest BCUT2D eigenvalue weighted by atomic mass is 32.1. The van der Waals surface area contributed by atoms with Crippen LogP contribution in [0.3, 0.4) is 0 Å². The normalized spacial score (nSPS) is 20.0. The maximum Gasteiger partial charge on any atom is 0.0966 e. The van der Waals surface area contributed by atoms with Crippen molar-refractivity contribution in [1.82, 2.24) is 5.32 Å². The fourth-order valence-corrected chi connectivity index (χ4v) is 0.361. The predicted molar refractivity (Wildman–Crippen MR) is 29.2 cm³/mol. The predicted octanol–water partition coefficient (Wildman–Crippen LogP) is -0.324. The molecule has 38 valence electrons. The average molecular weight is 107 g/mol. The van der Waals surface area contributed by atoms with Crippen molar-refractivity contribution < 1.29 is 4.74 Å². The minimum absolute atomic E-state index is 0. The first-order valence-corrected chi connectivity index (χ1v) is 1.78. The monoisotopic (exact) mass is 107 g/mol. The van der Waals surface area contributed by atoms with E-state index in [-0.39, 0.29) is 13.5 Å². The quantitative estimate of drug-likeness (QED) is 0.458. The van der Waals surface area contributed by atoms with Gasteiger partial charge in [-0.3, -0.25) is 5.32 Å². The van der Waals surface area contributed by atoms with Gasteiger partial charge in [0.15, 0.2) is 0 Å². The minimum atomic E-state index is 0. The molecule has 0 bridgehead atoms. The van der Waals surface area contributed by atoms with Crippen LogP contribution in [0.5, 0.6) is 0 Å². The molecule has 6 heavy (non-hydrogen) atoms. The summed E-state index contributed by atoms with van der Waals surface area (Å²) in [4.78, 5) is 0. The molecule has 0 amide bonds. The molecule has 1 aliphatic rings. The molecule has 0 aromatic carbocycles. The van der Waals surface area contributed by atoms with Gasteiger partial charge in [-0.25, -0.2) is 0 Å². The minimum Gasteiger partial charge on any atom is -0.365 e. The number of hydrogen-bond acceptors (Lipinski definition) is 2. The third-order valence-corrected chi connectivity index (χ3v) is 0.627. The smallest absolute Gasteiger partial charge is 0.0966 e. The van der Waals surface area contributed by atoms with E-state index in [2.05, 4.69) is 5.32 Å². The lowest BCUT2D eigenvalue weighted by atomic mass is 10.7. The van der Waals surface area contributed by atoms with Gasteiger partial charge < -0.3 is 4.74 Å². The van der Waals surface area contributed by atoms with E-state index in [0.29, 0.717) is 0 Å². The van der Waals surface area contributed by atoms with Crippen LogP contribution in [0.4, 0.5) is 0 Å². The largest absolute Gasteiger partial charge is 0.365 e. The van der Waals surface area contributed by atoms with E-state index < -0.39 is 0 Å². The fraction of sp³-hybridized carbons (Fsp3) is 1.00. The standard InChI is InChI=1S/C3H7NO.H2S/c1-2-5-3-4-1;/h4H,1-3H2;1H2. The maximum absolute atomic E-state index is 4.83. The van der Waals surface area contributed by atoms with Crippen LogP contribution in [0.2, 0.25) is 0 Å². The lowest BCUT2D eigenvalue weighted by molar-refractivity contribution is 0.194. The Morgan fingerprint density at radius 1 is 1.50 bits per heavy atom. The zero-order valence-corrected chi connectivity index (χ0v) is 4.53. The summed E-state index contributed by atoms with van der Waals surface area (Å²) in [6.07, 6.45) is 0. The number of rotatable bonds is 0. The molecular weight excluding hydrogens is 98.1 g/mol. The Morgan fingerprint density at radius 3 is 2.50 bits per heavy atom. The molecule has 1 saturated heterocycles. The second-order valence-electron chi connectivity index (χ2n) is 1.05. The molecule has 2 nitrogen and oxygen atoms in total. The number of ether oxygens (including phenoxy) is 1. The van der Waals surface area contributed by atoms with Gasteiger partial charge in [0.05, 0.1) is 13.3 Å². The first-order valence-electron chi connectivity index (χ1n) is 1.78. The maximum atomic E-state index is 4.83. The average Bonchev–Trinajstić information content (AvgIpc) is 1.76. The van der Waals surface area contributed by atoms with Crippen molar-refractivity contribution in [3.05, 3.63) is 0 Å². The summed E-state index contributed by atoms with van der Waals surface area (Å²) >= 11 is 0. The highest BCUT2D eigenvalue weighted by Crippen LogP contribution is 1.75. The molecule has 0 unspecified atom stereocenters. The molecular formula is C3H9NOS. The molecule has 1 N–H and O–H groups in total. The lowest BCUT2D eigenvalue weighted by Crippen LogP contribution is -2.05. The van der Waals surface area contributed by atoms with Gasteiger partial charge in [-0.1, -0.05) is 0 Å². The molecule has 1 heterocycles. The van der Waals surface area contributed by atoms with Crippen LogP contribution in [-0.4, -0.2) is 19.9 Å². The van der Waals surface area contributed by atoms with Gasteiger partial charge in [0.25, 0.3) is 0 Å². The van der Waals surface area contributed by atoms with E-state index in [1.807, 2.05) is 0 Å². The molecule has 0 aromatic heterocycles. The van der Waals surface area contributed by atoms with E-state index >= 15 is 0 Å². The molecule has 0 aliphatic carbocycles. The summed E-state index contributed by atoms with van der Waals surface area (Å²) in [5.74, 6) is 0. The molecule has 0 saturated carbocycles. The van der Waals surface area contributed by atoms with Crippen molar-refractivity contribution in [2.45, 2.75) is 0 Å². The van der Waals surface area contributed by atoms with Gasteiger partial charge in [-0.15, -0.1) is 0 Å². The summed E-state index contributed by atoms with van der Waals surface area (Å²) in [7, 11) is 0. The molecule has 0 atom stereocenters. The molecule has 1 aliphatic heterocycles. The van der Waals surface area contributed by atoms with Crippen molar-refractivity contribution in [1.29, 1.82) is 0 Å². The Hall–Kier alpha value is 0.270. The first-order chi connectivity index (χ1) is 2.50. The molecule has 1 rings (SSSR count). The molecule has 3 heteroatoms. The molecule has 0 spiro atoms. The summed E-state index contributed by atoms with van der Waals surface area (Å²) < 4.78 is 4.83. The van der Waals surface area contributed by atoms with Crippen molar-refractivity contribution in [3.63, 3.8) is 0 Å². The van der Waals surface area contributed by atoms with Crippen LogP contribution in [0, 0.1) is 0 Å². The van der Waals surface area contributed by atoms with Gasteiger partial charge in [0.2, 0.25) is 0 Å². The van der Waals surface area contributed by atoms with Crippen molar-refractivity contribution >= 4 is 13.5 Å². The summed E-state index contributed by atoms with van der Waals surface area (Å²) in [5, 5.41) is 3.00. The highest BCUT2D eigenvalue weighted by Gasteiger charge is 1.92. The Labute approximate surface area is 44.3 Å². The Morgan fingerprint density at radius 2 is 2.33 bits per heavy atom. The number of nitrogens with one attached hydrogen (secondary N) is 1. The van der Waals surface area contributed by atoms with Gasteiger partial charge in [0.1, 0.15) is 0 Å². The van der Waals surface area contributed by atoms with Crippen LogP contribution in [-0.2, 0) is 4.74 Å². The van der Waals surface area contributed by atoms with Crippen LogP contribution in [0.15, 0.2) is 0 Å². The van der Waals surface area contributed by atoms with E-state index in [1.54, 1.807) is 0 Å². The Balaban J connectivity index is 0.000000250. The van der Waals surface area contributed by atoms with E-state index in [4.69, 9.17) is 4.74 Å². The highest BCUT2D eigenvalue weighted by molar-refractivity contribution is 7.59. The summed E-state index contributed by atoms with van der Waals surface area (Å²) in [6.45, 7) is 2.67. The van der Waals surface area contributed by atoms with E-state index in [1.165, 1.54) is 0 Å². The molecule has 0 aromatic rings. The van der Waals surface area contributed by atoms with E-state index in [9.17, 15) is 0 Å². The lowest BCUT2D eigenvalue weighted by Gasteiger charge is -1.76. The molecule has 1 fully saturated rings. The van der Waals surface area contributed by atoms with Crippen molar-refractivity contribution in [2.24, 2.45) is 0 Å². The zero-order chi connectivity index (χ0) is 3.54. The van der Waals surface area contributed by atoms with Crippen LogP contribution >= 0.6 is 13.5 Å². The first kappa shape index (κ1) is 6.27. The van der Waals surface area contributed by atoms with Gasteiger partial charge >= 0.3 is 0 Å². The Kier molecular flexibility index (Phi) is 3.62. The van der Waals surface area contributed by atoms with Crippen molar-refractivity contribution in [2.75, 3.05) is 19.9 Å². The number of hydrogen-bond donors (Lipinski definition) is 1. The van der Waals surface area contributed by atoms with Crippen LogP contribution < -0.4 is 5.32 Å². The fourth-order valence-electron chi connectivity index (χ4n) is 0.361. The SMILES string of the molecule is C1COCN1.S. The van der Waals surface area contributed by atoms with E-state index in [0.717, 1.165) is 19.9 Å². The summed E-state index contributed by atoms with van der Waals surface area (Å²) in [6, 6.07) is 0. The zero-order valence-electron chi connectivity index (χ0n) is 3.53. The summed E-state index contributed by atoms with van der Waals surface area (Å²) in [5.41, 5.74) is 0. The van der Waals surface area contributed by atoms with Crippen LogP contribution in [0.1, 0.15) is 0 Å². The second-order valence-corrected chi connectivity index (χ2v) is 1.05. The Bertz CT molecular complexity index is 22.4. The van der Waals surface area contributed by atoms with Gasteiger partial charge in [-0.05, 0) is 0 Å². The van der Waals surface area contributed by atoms with Gasteiger partial charge in [0, 0.05) is 6.54 Å². The third-order valence-electron chi connectivity index (χ3n) is 0.627. The van der Waals surface area contributed by atoms with Crippen LogP contribution in [0.25, 0.3) is 0 Å². The third kappa shape index (κ3) is 1.64. The second kappa shape index (κ2) is 3.46. The topological polar surface area (TPSA) is 21.3 Å². The van der Waals surface area contributed by atoms with Crippen molar-refractivity contribution in [3.8, 4) is 0 Å². The van der Waals surface area contributed by atoms with Gasteiger partial charge in [-0.2, -0.15) is 13.5 Å². The molecule has 0 radical (unpaired) electrons.